The number of methoxy groups -OCH3 is 1. The Labute approximate surface area is 93.9 Å². The number of hydrogen-bond acceptors (Lipinski definition) is 5. The van der Waals surface area contributed by atoms with Crippen molar-refractivity contribution in [1.82, 2.24) is 15.1 Å². The van der Waals surface area contributed by atoms with Gasteiger partial charge < -0.3 is 21.1 Å². The van der Waals surface area contributed by atoms with Gasteiger partial charge in [-0.1, -0.05) is 0 Å². The van der Waals surface area contributed by atoms with Crippen molar-refractivity contribution in [2.24, 2.45) is 7.05 Å². The van der Waals surface area contributed by atoms with Crippen molar-refractivity contribution in [1.29, 1.82) is 0 Å². The third-order valence-corrected chi connectivity index (χ3v) is 1.90. The van der Waals surface area contributed by atoms with E-state index in [2.05, 4.69) is 15.7 Å². The molecule has 90 valence electrons. The van der Waals surface area contributed by atoms with Crippen molar-refractivity contribution >= 4 is 17.4 Å². The van der Waals surface area contributed by atoms with E-state index in [1.165, 1.54) is 0 Å². The van der Waals surface area contributed by atoms with Gasteiger partial charge >= 0.3 is 0 Å². The molecule has 0 unspecified atom stereocenters. The SMILES string of the molecule is COCCNC(=O)CNc1nn(C)cc1N. The van der Waals surface area contributed by atoms with Gasteiger partial charge in [-0.2, -0.15) is 5.10 Å². The van der Waals surface area contributed by atoms with E-state index in [4.69, 9.17) is 10.5 Å². The molecule has 0 saturated heterocycles. The first-order valence-electron chi connectivity index (χ1n) is 4.92. The van der Waals surface area contributed by atoms with E-state index in [1.807, 2.05) is 0 Å². The number of carbonyl (C=O) groups excluding carboxylic acids is 1. The Morgan fingerprint density at radius 3 is 3.00 bits per heavy atom. The number of nitrogens with one attached hydrogen (secondary N) is 2. The van der Waals surface area contributed by atoms with Gasteiger partial charge in [0, 0.05) is 26.9 Å². The molecule has 0 aliphatic heterocycles. The van der Waals surface area contributed by atoms with Crippen LogP contribution in [0.2, 0.25) is 0 Å². The van der Waals surface area contributed by atoms with Gasteiger partial charge in [-0.3, -0.25) is 9.48 Å². The molecular formula is C9H17N5O2. The molecule has 4 N–H and O–H groups in total. The molecule has 1 heterocycles. The second kappa shape index (κ2) is 5.96. The van der Waals surface area contributed by atoms with Gasteiger partial charge in [-0.25, -0.2) is 0 Å². The molecule has 0 spiro atoms. The number of amides is 1. The largest absolute Gasteiger partial charge is 0.394 e. The number of anilines is 2. The van der Waals surface area contributed by atoms with Gasteiger partial charge in [0.2, 0.25) is 5.91 Å². The smallest absolute Gasteiger partial charge is 0.239 e. The maximum Gasteiger partial charge on any atom is 0.239 e. The van der Waals surface area contributed by atoms with E-state index in [0.29, 0.717) is 24.7 Å². The zero-order chi connectivity index (χ0) is 12.0. The van der Waals surface area contributed by atoms with Crippen LogP contribution in [0.5, 0.6) is 0 Å². The lowest BCUT2D eigenvalue weighted by atomic mass is 10.5. The summed E-state index contributed by atoms with van der Waals surface area (Å²) in [6.07, 6.45) is 1.67. The predicted octanol–water partition coefficient (Wildman–Crippen LogP) is -0.823. The first kappa shape index (κ1) is 12.3. The predicted molar refractivity (Wildman–Crippen MR) is 61.0 cm³/mol. The van der Waals surface area contributed by atoms with E-state index >= 15 is 0 Å². The molecule has 0 aliphatic carbocycles. The highest BCUT2D eigenvalue weighted by Gasteiger charge is 2.05. The lowest BCUT2D eigenvalue weighted by Gasteiger charge is -2.05. The van der Waals surface area contributed by atoms with Crippen LogP contribution in [-0.2, 0) is 16.6 Å². The molecule has 1 aromatic heterocycles. The van der Waals surface area contributed by atoms with Gasteiger partial charge in [0.25, 0.3) is 0 Å². The van der Waals surface area contributed by atoms with Crippen molar-refractivity contribution in [3.63, 3.8) is 0 Å². The maximum atomic E-state index is 11.3. The Balaban J connectivity index is 2.29. The summed E-state index contributed by atoms with van der Waals surface area (Å²) < 4.78 is 6.39. The van der Waals surface area contributed by atoms with E-state index in [0.717, 1.165) is 0 Å². The van der Waals surface area contributed by atoms with Crippen molar-refractivity contribution in [3.05, 3.63) is 6.20 Å². The molecule has 0 aliphatic rings. The summed E-state index contributed by atoms with van der Waals surface area (Å²) in [6, 6.07) is 0. The van der Waals surface area contributed by atoms with Crippen LogP contribution in [0.4, 0.5) is 11.5 Å². The first-order valence-corrected chi connectivity index (χ1v) is 4.92. The number of hydrogen-bond donors (Lipinski definition) is 3. The van der Waals surface area contributed by atoms with Gasteiger partial charge in [0.15, 0.2) is 5.82 Å². The molecule has 0 fully saturated rings. The highest BCUT2D eigenvalue weighted by Crippen LogP contribution is 2.13. The van der Waals surface area contributed by atoms with Crippen LogP contribution in [0, 0.1) is 0 Å². The van der Waals surface area contributed by atoms with E-state index in [1.54, 1.807) is 25.0 Å². The summed E-state index contributed by atoms with van der Waals surface area (Å²) in [7, 11) is 3.35. The highest BCUT2D eigenvalue weighted by molar-refractivity contribution is 5.81. The summed E-state index contributed by atoms with van der Waals surface area (Å²) >= 11 is 0. The molecule has 7 heteroatoms. The number of carbonyl (C=O) groups is 1. The van der Waals surface area contributed by atoms with Gasteiger partial charge in [-0.05, 0) is 0 Å². The molecule has 16 heavy (non-hydrogen) atoms. The average molecular weight is 227 g/mol. The zero-order valence-electron chi connectivity index (χ0n) is 9.49. The molecular weight excluding hydrogens is 210 g/mol. The monoisotopic (exact) mass is 227 g/mol. The highest BCUT2D eigenvalue weighted by atomic mass is 16.5. The molecule has 0 atom stereocenters. The summed E-state index contributed by atoms with van der Waals surface area (Å²) in [5, 5.41) is 9.58. The summed E-state index contributed by atoms with van der Waals surface area (Å²) in [5.74, 6) is 0.395. The minimum atomic E-state index is -0.123. The Bertz CT molecular complexity index is 350. The van der Waals surface area contributed by atoms with Crippen LogP contribution in [-0.4, -0.2) is 42.5 Å². The number of aryl methyl sites for hydroxylation is 1. The van der Waals surface area contributed by atoms with E-state index < -0.39 is 0 Å². The third-order valence-electron chi connectivity index (χ3n) is 1.90. The van der Waals surface area contributed by atoms with Gasteiger partial charge in [-0.15, -0.1) is 0 Å². The van der Waals surface area contributed by atoms with Crippen LogP contribution in [0.3, 0.4) is 0 Å². The molecule has 0 radical (unpaired) electrons. The van der Waals surface area contributed by atoms with E-state index in [9.17, 15) is 4.79 Å². The minimum Gasteiger partial charge on any atom is -0.394 e. The Kier molecular flexibility index (Phi) is 4.59. The van der Waals surface area contributed by atoms with Gasteiger partial charge in [0.05, 0.1) is 18.8 Å². The van der Waals surface area contributed by atoms with Gasteiger partial charge in [0.1, 0.15) is 0 Å². The molecule has 0 aromatic carbocycles. The molecule has 0 saturated carbocycles. The summed E-state index contributed by atoms with van der Waals surface area (Å²) in [4.78, 5) is 11.3. The van der Waals surface area contributed by atoms with E-state index in [-0.39, 0.29) is 12.5 Å². The number of ether oxygens (including phenoxy) is 1. The topological polar surface area (TPSA) is 94.2 Å². The molecule has 1 amide bonds. The fourth-order valence-corrected chi connectivity index (χ4v) is 1.16. The second-order valence-electron chi connectivity index (χ2n) is 3.30. The number of aromatic nitrogens is 2. The number of nitrogens with zero attached hydrogens (tertiary/aromatic N) is 2. The normalized spacial score (nSPS) is 10.1. The first-order chi connectivity index (χ1) is 7.63. The fourth-order valence-electron chi connectivity index (χ4n) is 1.16. The number of nitrogen functional groups attached to an aromatic ring is 1. The lowest BCUT2D eigenvalue weighted by molar-refractivity contribution is -0.119. The van der Waals surface area contributed by atoms with Crippen molar-refractivity contribution in [2.45, 2.75) is 0 Å². The minimum absolute atomic E-state index is 0.123. The van der Waals surface area contributed by atoms with Crippen LogP contribution in [0.25, 0.3) is 0 Å². The summed E-state index contributed by atoms with van der Waals surface area (Å²) in [5.41, 5.74) is 6.17. The van der Waals surface area contributed by atoms with Crippen molar-refractivity contribution < 1.29 is 9.53 Å². The Hall–Kier alpha value is -1.76. The number of rotatable bonds is 6. The Morgan fingerprint density at radius 2 is 2.44 bits per heavy atom. The molecule has 1 aromatic rings. The lowest BCUT2D eigenvalue weighted by Crippen LogP contribution is -2.32. The second-order valence-corrected chi connectivity index (χ2v) is 3.30. The fraction of sp³-hybridized carbons (Fsp3) is 0.556. The molecule has 0 bridgehead atoms. The third kappa shape index (κ3) is 3.77. The standard InChI is InChI=1S/C9H17N5O2/c1-14-6-7(10)9(13-14)12-5-8(15)11-3-4-16-2/h6H,3-5,10H2,1-2H3,(H,11,15)(H,12,13). The van der Waals surface area contributed by atoms with Crippen LogP contribution < -0.4 is 16.4 Å². The van der Waals surface area contributed by atoms with Crippen LogP contribution in [0.1, 0.15) is 0 Å². The summed E-state index contributed by atoms with van der Waals surface area (Å²) in [6.45, 7) is 1.14. The van der Waals surface area contributed by atoms with Crippen molar-refractivity contribution in [2.75, 3.05) is 37.9 Å². The Morgan fingerprint density at radius 1 is 1.69 bits per heavy atom. The van der Waals surface area contributed by atoms with Crippen molar-refractivity contribution in [3.8, 4) is 0 Å². The maximum absolute atomic E-state index is 11.3. The van der Waals surface area contributed by atoms with Crippen LogP contribution in [0.15, 0.2) is 6.20 Å². The average Bonchev–Trinajstić information content (AvgIpc) is 2.55. The number of nitrogens with two attached hydrogens (primary N) is 1. The zero-order valence-corrected chi connectivity index (χ0v) is 9.49. The quantitative estimate of drug-likeness (QED) is 0.552. The molecule has 1 rings (SSSR count). The molecule has 7 nitrogen and oxygen atoms in total. The van der Waals surface area contributed by atoms with Crippen LogP contribution >= 0.6 is 0 Å².